The molecular weight excluding hydrogens is 542 g/mol. The number of alkyl halides is 2. The fourth-order valence-corrected chi connectivity index (χ4v) is 5.80. The van der Waals surface area contributed by atoms with E-state index >= 15 is 0 Å². The van der Waals surface area contributed by atoms with Crippen LogP contribution in [0.25, 0.3) is 0 Å². The van der Waals surface area contributed by atoms with Crippen LogP contribution in [0.1, 0.15) is 89.4 Å². The zero-order valence-electron chi connectivity index (χ0n) is 22.3. The van der Waals surface area contributed by atoms with E-state index < -0.39 is 52.4 Å². The minimum absolute atomic E-state index is 0.0738. The van der Waals surface area contributed by atoms with Gasteiger partial charge in [-0.15, -0.1) is 0 Å². The van der Waals surface area contributed by atoms with Crippen LogP contribution in [0.3, 0.4) is 0 Å². The van der Waals surface area contributed by atoms with Crippen molar-refractivity contribution in [2.45, 2.75) is 69.9 Å². The van der Waals surface area contributed by atoms with Crippen molar-refractivity contribution in [3.05, 3.63) is 56.9 Å². The van der Waals surface area contributed by atoms with Gasteiger partial charge in [0.2, 0.25) is 17.5 Å². The van der Waals surface area contributed by atoms with Crippen LogP contribution in [-0.2, 0) is 16.0 Å². The van der Waals surface area contributed by atoms with E-state index in [1.165, 1.54) is 4.68 Å². The van der Waals surface area contributed by atoms with Gasteiger partial charge in [0.15, 0.2) is 0 Å². The molecule has 4 amide bonds. The van der Waals surface area contributed by atoms with E-state index in [2.05, 4.69) is 15.3 Å². The third-order valence-corrected chi connectivity index (χ3v) is 8.02. The number of aryl methyl sites for hydroxylation is 1. The number of hydrogen-bond acceptors (Lipinski definition) is 8. The van der Waals surface area contributed by atoms with Gasteiger partial charge in [-0.1, -0.05) is 12.5 Å². The van der Waals surface area contributed by atoms with E-state index in [0.29, 0.717) is 12.8 Å². The molecule has 5 rings (SSSR count). The molecule has 41 heavy (non-hydrogen) atoms. The van der Waals surface area contributed by atoms with Gasteiger partial charge in [0.25, 0.3) is 18.2 Å². The lowest BCUT2D eigenvalue weighted by Crippen LogP contribution is -2.54. The van der Waals surface area contributed by atoms with Crippen molar-refractivity contribution in [3.8, 4) is 0 Å². The van der Waals surface area contributed by atoms with Crippen molar-refractivity contribution in [3.63, 3.8) is 0 Å². The summed E-state index contributed by atoms with van der Waals surface area (Å²) in [6.45, 7) is 2.35. The summed E-state index contributed by atoms with van der Waals surface area (Å²) in [6.07, 6.45) is 3.12. The molecule has 0 radical (unpaired) electrons. The maximum absolute atomic E-state index is 13.1. The number of amides is 4. The Hall–Kier alpha value is -4.07. The molecule has 1 aromatic carbocycles. The van der Waals surface area contributed by atoms with Crippen LogP contribution in [0.2, 0.25) is 0 Å². The fraction of sp³-hybridized carbons (Fsp3) is 0.519. The lowest BCUT2D eigenvalue weighted by Gasteiger charge is -2.31. The van der Waals surface area contributed by atoms with Gasteiger partial charge in [0.05, 0.1) is 22.1 Å². The van der Waals surface area contributed by atoms with Crippen molar-refractivity contribution in [2.24, 2.45) is 0 Å². The van der Waals surface area contributed by atoms with E-state index in [1.807, 2.05) is 6.07 Å². The first-order chi connectivity index (χ1) is 19.6. The summed E-state index contributed by atoms with van der Waals surface area (Å²) in [7, 11) is 0. The number of aromatic nitrogens is 2. The molecule has 1 N–H and O–H groups in total. The number of imide groups is 2. The number of halogens is 2. The Morgan fingerprint density at radius 3 is 2.41 bits per heavy atom. The van der Waals surface area contributed by atoms with Crippen LogP contribution >= 0.6 is 0 Å². The summed E-state index contributed by atoms with van der Waals surface area (Å²) in [6, 6.07) is 4.02. The maximum atomic E-state index is 13.1. The van der Waals surface area contributed by atoms with Gasteiger partial charge < -0.3 is 4.90 Å². The number of carbonyl (C=O) groups excluding carboxylic acids is 4. The summed E-state index contributed by atoms with van der Waals surface area (Å²) >= 11 is 0. The van der Waals surface area contributed by atoms with Gasteiger partial charge in [-0.3, -0.25) is 44.2 Å². The number of fused-ring (bicyclic) bond motifs is 1. The highest BCUT2D eigenvalue weighted by molar-refractivity contribution is 6.23. The van der Waals surface area contributed by atoms with Crippen LogP contribution in [0, 0.1) is 10.1 Å². The Balaban J connectivity index is 1.06. The number of benzene rings is 1. The Morgan fingerprint density at radius 2 is 1.76 bits per heavy atom. The lowest BCUT2D eigenvalue weighted by atomic mass is 10.0. The molecule has 12 nitrogen and oxygen atoms in total. The lowest BCUT2D eigenvalue weighted by molar-refractivity contribution is -0.386. The fourth-order valence-electron chi connectivity index (χ4n) is 5.80. The number of piperidine rings is 2. The van der Waals surface area contributed by atoms with Gasteiger partial charge in [-0.05, 0) is 62.8 Å². The van der Waals surface area contributed by atoms with Crippen LogP contribution in [0.5, 0.6) is 0 Å². The van der Waals surface area contributed by atoms with E-state index in [0.717, 1.165) is 62.0 Å². The molecule has 1 aromatic heterocycles. The number of carbonyl (C=O) groups is 4. The highest BCUT2D eigenvalue weighted by Gasteiger charge is 2.44. The van der Waals surface area contributed by atoms with E-state index in [9.17, 15) is 38.1 Å². The minimum Gasteiger partial charge on any atom is -0.303 e. The largest absolute Gasteiger partial charge is 0.316 e. The van der Waals surface area contributed by atoms with Crippen LogP contribution < -0.4 is 5.32 Å². The standard InChI is InChI=1S/C27H30F2N6O6/c28-24(29)23-21(35(40)41)15-33(31-23)17-9-12-32(13-10-17)11-3-1-2-4-16-5-6-18-19(14-16)27(39)34(26(18)38)20-7-8-22(36)30-25(20)37/h5-6,14-15,17,20,24H,1-4,7-13H2,(H,30,36,37). The van der Waals surface area contributed by atoms with E-state index in [4.69, 9.17) is 0 Å². The number of unbranched alkanes of at least 4 members (excludes halogenated alkanes) is 2. The summed E-state index contributed by atoms with van der Waals surface area (Å²) in [5, 5.41) is 17.0. The molecule has 1 atom stereocenters. The zero-order chi connectivity index (χ0) is 29.3. The average Bonchev–Trinajstić information content (AvgIpc) is 3.50. The Bertz CT molecular complexity index is 1390. The van der Waals surface area contributed by atoms with E-state index in [1.54, 1.807) is 12.1 Å². The topological polar surface area (TPSA) is 148 Å². The first-order valence-corrected chi connectivity index (χ1v) is 13.7. The normalized spacial score (nSPS) is 20.2. The second-order valence-electron chi connectivity index (χ2n) is 10.6. The predicted octanol–water partition coefficient (Wildman–Crippen LogP) is 3.18. The smallest absolute Gasteiger partial charge is 0.303 e. The molecule has 2 aromatic rings. The summed E-state index contributed by atoms with van der Waals surface area (Å²) in [5.74, 6) is -2.08. The SMILES string of the molecule is O=C1CCC(N2C(=O)c3ccc(CCCCCN4CCC(n5cc([N+](=O)[O-])c(C(F)F)n5)CC4)cc3C2=O)C(=O)N1. The molecule has 218 valence electrons. The van der Waals surface area contributed by atoms with Crippen LogP contribution in [0.15, 0.2) is 24.4 Å². The zero-order valence-corrected chi connectivity index (χ0v) is 22.3. The Labute approximate surface area is 233 Å². The van der Waals surface area contributed by atoms with Gasteiger partial charge in [-0.2, -0.15) is 5.10 Å². The molecule has 3 aliphatic rings. The number of rotatable bonds is 10. The molecule has 3 aliphatic heterocycles. The van der Waals surface area contributed by atoms with Crippen molar-refractivity contribution in [1.82, 2.24) is 24.9 Å². The first kappa shape index (κ1) is 28.5. The van der Waals surface area contributed by atoms with Gasteiger partial charge in [0, 0.05) is 19.5 Å². The number of likely N-dealkylation sites (tertiary alicyclic amines) is 1. The summed E-state index contributed by atoms with van der Waals surface area (Å²) < 4.78 is 27.5. The second-order valence-corrected chi connectivity index (χ2v) is 10.6. The third-order valence-electron chi connectivity index (χ3n) is 8.02. The van der Waals surface area contributed by atoms with Gasteiger partial charge >= 0.3 is 5.69 Å². The minimum atomic E-state index is -3.00. The monoisotopic (exact) mass is 572 g/mol. The van der Waals surface area contributed by atoms with Gasteiger partial charge in [-0.25, -0.2) is 8.78 Å². The molecular formula is C27H30F2N6O6. The van der Waals surface area contributed by atoms with E-state index in [-0.39, 0.29) is 30.0 Å². The average molecular weight is 573 g/mol. The summed E-state index contributed by atoms with van der Waals surface area (Å²) in [4.78, 5) is 63.0. The third kappa shape index (κ3) is 5.87. The van der Waals surface area contributed by atoms with Crippen LogP contribution in [0.4, 0.5) is 14.5 Å². The molecule has 0 saturated carbocycles. The molecule has 0 bridgehead atoms. The molecule has 2 fully saturated rings. The maximum Gasteiger partial charge on any atom is 0.316 e. The first-order valence-electron chi connectivity index (χ1n) is 13.7. The molecule has 2 saturated heterocycles. The molecule has 1 unspecified atom stereocenters. The number of nitrogens with one attached hydrogen (secondary N) is 1. The molecule has 4 heterocycles. The second kappa shape index (κ2) is 11.8. The molecule has 0 aliphatic carbocycles. The summed E-state index contributed by atoms with van der Waals surface area (Å²) in [5.41, 5.74) is 0.0365. The van der Waals surface area contributed by atoms with Crippen molar-refractivity contribution >= 4 is 29.3 Å². The quantitative estimate of drug-likeness (QED) is 0.198. The Kier molecular flexibility index (Phi) is 8.20. The van der Waals surface area contributed by atoms with Crippen LogP contribution in [-0.4, -0.2) is 73.8 Å². The number of hydrogen-bond donors (Lipinski definition) is 1. The van der Waals surface area contributed by atoms with Gasteiger partial charge in [0.1, 0.15) is 12.2 Å². The highest BCUT2D eigenvalue weighted by Crippen LogP contribution is 2.32. The molecule has 0 spiro atoms. The van der Waals surface area contributed by atoms with Crippen molar-refractivity contribution in [2.75, 3.05) is 19.6 Å². The van der Waals surface area contributed by atoms with Crippen molar-refractivity contribution in [1.29, 1.82) is 0 Å². The highest BCUT2D eigenvalue weighted by atomic mass is 19.3. The predicted molar refractivity (Wildman–Crippen MR) is 139 cm³/mol. The molecule has 14 heteroatoms. The van der Waals surface area contributed by atoms with Crippen molar-refractivity contribution < 1.29 is 32.9 Å². The number of nitro groups is 1. The number of nitrogens with zero attached hydrogens (tertiary/aromatic N) is 5. The Morgan fingerprint density at radius 1 is 1.02 bits per heavy atom.